The number of anilines is 3. The third kappa shape index (κ3) is 4.25. The van der Waals surface area contributed by atoms with E-state index in [2.05, 4.69) is 20.3 Å². The number of benzene rings is 1. The summed E-state index contributed by atoms with van der Waals surface area (Å²) in [6.07, 6.45) is 0. The lowest BCUT2D eigenvalue weighted by Crippen LogP contribution is -2.14. The first kappa shape index (κ1) is 14.4. The van der Waals surface area contributed by atoms with Crippen molar-refractivity contribution in [3.63, 3.8) is 0 Å². The van der Waals surface area contributed by atoms with Gasteiger partial charge in [0.25, 0.3) is 0 Å². The molecule has 0 radical (unpaired) electrons. The van der Waals surface area contributed by atoms with Gasteiger partial charge in [0.15, 0.2) is 5.16 Å². The summed E-state index contributed by atoms with van der Waals surface area (Å²) < 4.78 is 0. The molecule has 0 bridgehead atoms. The number of hydrogen-bond acceptors (Lipinski definition) is 7. The number of amides is 1. The Kier molecular flexibility index (Phi) is 4.59. The van der Waals surface area contributed by atoms with Crippen LogP contribution >= 0.6 is 23.4 Å². The standard InChI is InChI=1S/C11H11ClN6OS/c12-6-2-1-3-7(4-6)15-8(19)5-20-11-17-9(13)16-10(14)18-11/h1-4H,5H2,(H,15,19)(H4,13,14,16,17,18). The number of hydrogen-bond donors (Lipinski definition) is 3. The van der Waals surface area contributed by atoms with Crippen LogP contribution in [0.5, 0.6) is 0 Å². The van der Waals surface area contributed by atoms with Crippen LogP contribution in [0.4, 0.5) is 17.6 Å². The van der Waals surface area contributed by atoms with Crippen LogP contribution in [-0.4, -0.2) is 26.6 Å². The molecule has 1 amide bonds. The van der Waals surface area contributed by atoms with Crippen molar-refractivity contribution in [2.45, 2.75) is 5.16 Å². The average molecular weight is 311 g/mol. The van der Waals surface area contributed by atoms with Gasteiger partial charge in [-0.3, -0.25) is 4.79 Å². The van der Waals surface area contributed by atoms with Crippen LogP contribution in [0.1, 0.15) is 0 Å². The zero-order valence-corrected chi connectivity index (χ0v) is 11.8. The van der Waals surface area contributed by atoms with Gasteiger partial charge in [0.1, 0.15) is 0 Å². The van der Waals surface area contributed by atoms with Gasteiger partial charge < -0.3 is 16.8 Å². The number of halogens is 1. The van der Waals surface area contributed by atoms with E-state index >= 15 is 0 Å². The molecule has 0 aliphatic carbocycles. The number of nitrogens with two attached hydrogens (primary N) is 2. The highest BCUT2D eigenvalue weighted by atomic mass is 35.5. The second-order valence-corrected chi connectivity index (χ2v) is 5.06. The van der Waals surface area contributed by atoms with Crippen molar-refractivity contribution in [2.75, 3.05) is 22.5 Å². The lowest BCUT2D eigenvalue weighted by Gasteiger charge is -2.05. The Bertz CT molecular complexity index is 618. The van der Waals surface area contributed by atoms with E-state index in [9.17, 15) is 4.79 Å². The van der Waals surface area contributed by atoms with Gasteiger partial charge in [-0.2, -0.15) is 15.0 Å². The molecule has 5 N–H and O–H groups in total. The number of nitrogens with one attached hydrogen (secondary N) is 1. The van der Waals surface area contributed by atoms with E-state index in [1.54, 1.807) is 24.3 Å². The Labute approximate surface area is 124 Å². The minimum absolute atomic E-state index is 0.0234. The number of nitrogen functional groups attached to an aromatic ring is 2. The number of nitrogens with zero attached hydrogens (tertiary/aromatic N) is 3. The van der Waals surface area contributed by atoms with E-state index in [0.717, 1.165) is 11.8 Å². The van der Waals surface area contributed by atoms with E-state index in [0.29, 0.717) is 15.9 Å². The fourth-order valence-electron chi connectivity index (χ4n) is 1.35. The minimum atomic E-state index is -0.213. The van der Waals surface area contributed by atoms with E-state index in [4.69, 9.17) is 23.1 Å². The van der Waals surface area contributed by atoms with Gasteiger partial charge in [0.2, 0.25) is 17.8 Å². The van der Waals surface area contributed by atoms with E-state index in [1.165, 1.54) is 0 Å². The topological polar surface area (TPSA) is 120 Å². The molecule has 0 atom stereocenters. The van der Waals surface area contributed by atoms with Crippen LogP contribution in [0.2, 0.25) is 5.02 Å². The fraction of sp³-hybridized carbons (Fsp3) is 0.0909. The van der Waals surface area contributed by atoms with Crippen LogP contribution in [0, 0.1) is 0 Å². The molecule has 2 rings (SSSR count). The molecule has 104 valence electrons. The summed E-state index contributed by atoms with van der Waals surface area (Å²) >= 11 is 6.94. The molecule has 7 nitrogen and oxygen atoms in total. The predicted octanol–water partition coefficient (Wildman–Crippen LogP) is 1.42. The molecule has 20 heavy (non-hydrogen) atoms. The predicted molar refractivity (Wildman–Crippen MR) is 79.5 cm³/mol. The van der Waals surface area contributed by atoms with Gasteiger partial charge in [-0.25, -0.2) is 0 Å². The largest absolute Gasteiger partial charge is 0.368 e. The van der Waals surface area contributed by atoms with Crippen LogP contribution < -0.4 is 16.8 Å². The van der Waals surface area contributed by atoms with Crippen molar-refractivity contribution in [1.82, 2.24) is 15.0 Å². The van der Waals surface area contributed by atoms with Crippen molar-refractivity contribution in [3.05, 3.63) is 29.3 Å². The maximum absolute atomic E-state index is 11.8. The maximum Gasteiger partial charge on any atom is 0.234 e. The van der Waals surface area contributed by atoms with Gasteiger partial charge in [-0.15, -0.1) is 0 Å². The molecule has 1 heterocycles. The Morgan fingerprint density at radius 2 is 1.95 bits per heavy atom. The zero-order chi connectivity index (χ0) is 14.5. The molecule has 1 aromatic carbocycles. The highest BCUT2D eigenvalue weighted by Gasteiger charge is 2.07. The zero-order valence-electron chi connectivity index (χ0n) is 10.2. The maximum atomic E-state index is 11.8. The van der Waals surface area contributed by atoms with Gasteiger partial charge >= 0.3 is 0 Å². The molecule has 1 aromatic heterocycles. The summed E-state index contributed by atoms with van der Waals surface area (Å²) in [6.45, 7) is 0. The van der Waals surface area contributed by atoms with Crippen molar-refractivity contribution in [1.29, 1.82) is 0 Å². The number of thioether (sulfide) groups is 1. The Hall–Kier alpha value is -2.06. The van der Waals surface area contributed by atoms with Crippen molar-refractivity contribution >= 4 is 46.9 Å². The second-order valence-electron chi connectivity index (χ2n) is 3.68. The van der Waals surface area contributed by atoms with Gasteiger partial charge in [0, 0.05) is 10.7 Å². The summed E-state index contributed by atoms with van der Waals surface area (Å²) in [5.74, 6) is -0.0459. The number of rotatable bonds is 4. The van der Waals surface area contributed by atoms with Crippen molar-refractivity contribution in [3.8, 4) is 0 Å². The molecule has 0 spiro atoms. The van der Waals surface area contributed by atoms with Gasteiger partial charge in [0.05, 0.1) is 5.75 Å². The molecule has 0 aliphatic rings. The third-order valence-electron chi connectivity index (χ3n) is 2.09. The van der Waals surface area contributed by atoms with Crippen LogP contribution in [-0.2, 0) is 4.79 Å². The van der Waals surface area contributed by atoms with Crippen LogP contribution in [0.15, 0.2) is 29.4 Å². The number of aromatic nitrogens is 3. The third-order valence-corrected chi connectivity index (χ3v) is 3.17. The molecule has 0 unspecified atom stereocenters. The second kappa shape index (κ2) is 6.40. The highest BCUT2D eigenvalue weighted by Crippen LogP contribution is 2.17. The molecule has 0 fully saturated rings. The first-order valence-electron chi connectivity index (χ1n) is 5.48. The molecule has 2 aromatic rings. The lowest BCUT2D eigenvalue weighted by molar-refractivity contribution is -0.113. The molecule has 0 aliphatic heterocycles. The molecule has 0 saturated heterocycles. The quantitative estimate of drug-likeness (QED) is 0.730. The van der Waals surface area contributed by atoms with Crippen molar-refractivity contribution < 1.29 is 4.79 Å². The molecular formula is C11H11ClN6OS. The summed E-state index contributed by atoms with van der Waals surface area (Å²) in [4.78, 5) is 23.1. The summed E-state index contributed by atoms with van der Waals surface area (Å²) in [6, 6.07) is 6.87. The summed E-state index contributed by atoms with van der Waals surface area (Å²) in [5.41, 5.74) is 11.5. The Morgan fingerprint density at radius 3 is 2.60 bits per heavy atom. The molecule has 0 saturated carbocycles. The summed E-state index contributed by atoms with van der Waals surface area (Å²) in [7, 11) is 0. The number of carbonyl (C=O) groups excluding carboxylic acids is 1. The van der Waals surface area contributed by atoms with Gasteiger partial charge in [-0.05, 0) is 18.2 Å². The first-order chi connectivity index (χ1) is 9.52. The van der Waals surface area contributed by atoms with E-state index in [1.807, 2.05) is 0 Å². The van der Waals surface area contributed by atoms with E-state index in [-0.39, 0.29) is 23.6 Å². The van der Waals surface area contributed by atoms with Crippen molar-refractivity contribution in [2.24, 2.45) is 0 Å². The monoisotopic (exact) mass is 310 g/mol. The average Bonchev–Trinajstić information content (AvgIpc) is 2.35. The summed E-state index contributed by atoms with van der Waals surface area (Å²) in [5, 5.41) is 3.56. The Morgan fingerprint density at radius 1 is 1.25 bits per heavy atom. The lowest BCUT2D eigenvalue weighted by atomic mass is 10.3. The minimum Gasteiger partial charge on any atom is -0.368 e. The highest BCUT2D eigenvalue weighted by molar-refractivity contribution is 7.99. The smallest absolute Gasteiger partial charge is 0.234 e. The van der Waals surface area contributed by atoms with Crippen LogP contribution in [0.25, 0.3) is 0 Å². The van der Waals surface area contributed by atoms with E-state index < -0.39 is 0 Å². The molecule has 9 heteroatoms. The SMILES string of the molecule is Nc1nc(N)nc(SCC(=O)Nc2cccc(Cl)c2)n1. The fourth-order valence-corrected chi connectivity index (χ4v) is 2.19. The normalized spacial score (nSPS) is 10.2. The van der Waals surface area contributed by atoms with Crippen LogP contribution in [0.3, 0.4) is 0 Å². The number of carbonyl (C=O) groups is 1. The van der Waals surface area contributed by atoms with Gasteiger partial charge in [-0.1, -0.05) is 29.4 Å². The Balaban J connectivity index is 1.92. The molecular weight excluding hydrogens is 300 g/mol. The first-order valence-corrected chi connectivity index (χ1v) is 6.84.